The number of rotatable bonds is 2. The van der Waals surface area contributed by atoms with E-state index < -0.39 is 0 Å². The molecule has 16 heavy (non-hydrogen) atoms. The molecule has 1 aliphatic heterocycles. The summed E-state index contributed by atoms with van der Waals surface area (Å²) in [6.45, 7) is 2.06. The van der Waals surface area contributed by atoms with E-state index in [1.807, 2.05) is 12.1 Å². The summed E-state index contributed by atoms with van der Waals surface area (Å²) in [6, 6.07) is 5.33. The van der Waals surface area contributed by atoms with E-state index >= 15 is 0 Å². The summed E-state index contributed by atoms with van der Waals surface area (Å²) < 4.78 is 5.75. The van der Waals surface area contributed by atoms with Crippen molar-refractivity contribution in [1.29, 1.82) is 0 Å². The maximum atomic E-state index is 6.16. The van der Waals surface area contributed by atoms with E-state index in [0.29, 0.717) is 10.0 Å². The van der Waals surface area contributed by atoms with Crippen LogP contribution in [0.3, 0.4) is 0 Å². The average molecular weight is 260 g/mol. The first-order chi connectivity index (χ1) is 7.59. The maximum Gasteiger partial charge on any atom is 0.0772 e. The number of ether oxygens (including phenoxy) is 1. The zero-order valence-electron chi connectivity index (χ0n) is 9.12. The zero-order chi connectivity index (χ0) is 11.7. The van der Waals surface area contributed by atoms with Gasteiger partial charge in [0, 0.05) is 0 Å². The fraction of sp³-hybridized carbons (Fsp3) is 0.500. The van der Waals surface area contributed by atoms with Crippen LogP contribution in [0.4, 0.5) is 0 Å². The monoisotopic (exact) mass is 259 g/mol. The summed E-state index contributed by atoms with van der Waals surface area (Å²) in [7, 11) is 0. The molecule has 2 rings (SSSR count). The number of hydrogen-bond acceptors (Lipinski definition) is 2. The van der Waals surface area contributed by atoms with Crippen molar-refractivity contribution in [2.24, 2.45) is 5.73 Å². The molecular weight excluding hydrogens is 245 g/mol. The molecule has 1 fully saturated rings. The van der Waals surface area contributed by atoms with Crippen LogP contribution in [-0.2, 0) is 4.74 Å². The Morgan fingerprint density at radius 3 is 2.75 bits per heavy atom. The summed E-state index contributed by atoms with van der Waals surface area (Å²) in [6.07, 6.45) is 2.36. The summed E-state index contributed by atoms with van der Waals surface area (Å²) >= 11 is 12.1. The molecule has 0 aromatic heterocycles. The molecule has 1 aliphatic rings. The van der Waals surface area contributed by atoms with E-state index in [2.05, 4.69) is 6.92 Å². The van der Waals surface area contributed by atoms with Gasteiger partial charge in [-0.2, -0.15) is 0 Å². The molecule has 3 atom stereocenters. The molecule has 0 bridgehead atoms. The topological polar surface area (TPSA) is 35.2 Å². The second-order valence-corrected chi connectivity index (χ2v) is 5.02. The van der Waals surface area contributed by atoms with Crippen LogP contribution in [0.5, 0.6) is 0 Å². The smallest absolute Gasteiger partial charge is 0.0772 e. The third-order valence-electron chi connectivity index (χ3n) is 3.01. The lowest BCUT2D eigenvalue weighted by Gasteiger charge is -2.21. The summed E-state index contributed by atoms with van der Waals surface area (Å²) in [4.78, 5) is 0. The van der Waals surface area contributed by atoms with Gasteiger partial charge >= 0.3 is 0 Å². The van der Waals surface area contributed by atoms with Crippen LogP contribution in [-0.4, -0.2) is 12.2 Å². The minimum atomic E-state index is -0.198. The van der Waals surface area contributed by atoms with Crippen molar-refractivity contribution in [2.75, 3.05) is 0 Å². The van der Waals surface area contributed by atoms with Gasteiger partial charge in [-0.1, -0.05) is 35.3 Å². The van der Waals surface area contributed by atoms with Crippen molar-refractivity contribution in [1.82, 2.24) is 0 Å². The van der Waals surface area contributed by atoms with Gasteiger partial charge in [-0.05, 0) is 31.4 Å². The third kappa shape index (κ3) is 2.35. The lowest BCUT2D eigenvalue weighted by molar-refractivity contribution is 0.0401. The van der Waals surface area contributed by atoms with Crippen LogP contribution >= 0.6 is 23.2 Å². The minimum absolute atomic E-state index is 0.0472. The Balaban J connectivity index is 2.20. The molecule has 2 N–H and O–H groups in total. The number of halogens is 2. The average Bonchev–Trinajstić information content (AvgIpc) is 2.68. The highest BCUT2D eigenvalue weighted by Crippen LogP contribution is 2.34. The molecule has 1 aromatic carbocycles. The first-order valence-electron chi connectivity index (χ1n) is 5.44. The predicted molar refractivity (Wildman–Crippen MR) is 67.0 cm³/mol. The first kappa shape index (κ1) is 12.2. The molecule has 1 saturated heterocycles. The molecule has 3 unspecified atom stereocenters. The predicted octanol–water partition coefficient (Wildman–Crippen LogP) is 3.56. The Labute approximate surface area is 106 Å². The Morgan fingerprint density at radius 2 is 2.12 bits per heavy atom. The highest BCUT2D eigenvalue weighted by atomic mass is 35.5. The number of hydrogen-bond donors (Lipinski definition) is 1. The Bertz CT molecular complexity index is 383. The van der Waals surface area contributed by atoms with E-state index in [1.165, 1.54) is 0 Å². The fourth-order valence-electron chi connectivity index (χ4n) is 2.08. The normalized spacial score (nSPS) is 27.0. The SMILES string of the molecule is CC1CCC(C(N)c2cccc(Cl)c2Cl)O1. The van der Waals surface area contributed by atoms with Gasteiger partial charge in [-0.25, -0.2) is 0 Å². The van der Waals surface area contributed by atoms with E-state index in [-0.39, 0.29) is 18.2 Å². The Kier molecular flexibility index (Phi) is 3.75. The standard InChI is InChI=1S/C12H15Cl2NO/c1-7-5-6-10(16-7)12(15)8-3-2-4-9(13)11(8)14/h2-4,7,10,12H,5-6,15H2,1H3. The second kappa shape index (κ2) is 4.92. The Morgan fingerprint density at radius 1 is 1.38 bits per heavy atom. The lowest BCUT2D eigenvalue weighted by Crippen LogP contribution is -2.26. The highest BCUT2D eigenvalue weighted by Gasteiger charge is 2.29. The molecule has 1 aromatic rings. The van der Waals surface area contributed by atoms with Crippen LogP contribution < -0.4 is 5.73 Å². The van der Waals surface area contributed by atoms with Gasteiger partial charge < -0.3 is 10.5 Å². The van der Waals surface area contributed by atoms with Gasteiger partial charge in [0.25, 0.3) is 0 Å². The molecule has 1 heterocycles. The minimum Gasteiger partial charge on any atom is -0.373 e. The van der Waals surface area contributed by atoms with Crippen molar-refractivity contribution in [3.8, 4) is 0 Å². The fourth-order valence-corrected chi connectivity index (χ4v) is 2.51. The molecule has 0 spiro atoms. The molecular formula is C12H15Cl2NO. The Hall–Kier alpha value is -0.280. The molecule has 88 valence electrons. The van der Waals surface area contributed by atoms with Crippen LogP contribution in [0.1, 0.15) is 31.4 Å². The van der Waals surface area contributed by atoms with Crippen molar-refractivity contribution in [3.05, 3.63) is 33.8 Å². The number of nitrogens with two attached hydrogens (primary N) is 1. The van der Waals surface area contributed by atoms with Gasteiger partial charge in [-0.3, -0.25) is 0 Å². The third-order valence-corrected chi connectivity index (χ3v) is 3.84. The van der Waals surface area contributed by atoms with Gasteiger partial charge in [0.05, 0.1) is 28.3 Å². The van der Waals surface area contributed by atoms with Crippen LogP contribution in [0, 0.1) is 0 Å². The van der Waals surface area contributed by atoms with Crippen molar-refractivity contribution in [3.63, 3.8) is 0 Å². The van der Waals surface area contributed by atoms with Crippen LogP contribution in [0.15, 0.2) is 18.2 Å². The van der Waals surface area contributed by atoms with Crippen molar-refractivity contribution < 1.29 is 4.74 Å². The zero-order valence-corrected chi connectivity index (χ0v) is 10.6. The molecule has 0 aliphatic carbocycles. The first-order valence-corrected chi connectivity index (χ1v) is 6.20. The summed E-state index contributed by atoms with van der Waals surface area (Å²) in [5.41, 5.74) is 7.03. The quantitative estimate of drug-likeness (QED) is 0.882. The van der Waals surface area contributed by atoms with Gasteiger partial charge in [0.1, 0.15) is 0 Å². The van der Waals surface area contributed by atoms with Crippen molar-refractivity contribution in [2.45, 2.75) is 38.0 Å². The molecule has 0 amide bonds. The number of benzene rings is 1. The van der Waals surface area contributed by atoms with E-state index in [4.69, 9.17) is 33.7 Å². The van der Waals surface area contributed by atoms with Crippen molar-refractivity contribution >= 4 is 23.2 Å². The van der Waals surface area contributed by atoms with Crippen LogP contribution in [0.2, 0.25) is 10.0 Å². The van der Waals surface area contributed by atoms with E-state index in [1.54, 1.807) is 6.07 Å². The summed E-state index contributed by atoms with van der Waals surface area (Å²) in [5.74, 6) is 0. The molecule has 4 heteroatoms. The van der Waals surface area contributed by atoms with Gasteiger partial charge in [-0.15, -0.1) is 0 Å². The lowest BCUT2D eigenvalue weighted by atomic mass is 10.00. The van der Waals surface area contributed by atoms with E-state index in [0.717, 1.165) is 18.4 Å². The van der Waals surface area contributed by atoms with E-state index in [9.17, 15) is 0 Å². The second-order valence-electron chi connectivity index (χ2n) is 4.23. The molecule has 0 saturated carbocycles. The summed E-state index contributed by atoms with van der Waals surface area (Å²) in [5, 5.41) is 1.08. The van der Waals surface area contributed by atoms with Crippen LogP contribution in [0.25, 0.3) is 0 Å². The highest BCUT2D eigenvalue weighted by molar-refractivity contribution is 6.42. The molecule has 0 radical (unpaired) electrons. The van der Waals surface area contributed by atoms with Gasteiger partial charge in [0.15, 0.2) is 0 Å². The maximum absolute atomic E-state index is 6.16. The largest absolute Gasteiger partial charge is 0.373 e. The van der Waals surface area contributed by atoms with Gasteiger partial charge in [0.2, 0.25) is 0 Å². The molecule has 2 nitrogen and oxygen atoms in total.